The van der Waals surface area contributed by atoms with Crippen molar-refractivity contribution in [1.29, 1.82) is 0 Å². The highest BCUT2D eigenvalue weighted by Crippen LogP contribution is 2.16. The molecule has 0 unspecified atom stereocenters. The maximum absolute atomic E-state index is 13.5. The molecule has 0 aliphatic heterocycles. The fourth-order valence-corrected chi connectivity index (χ4v) is 1.47. The van der Waals surface area contributed by atoms with E-state index in [1.807, 2.05) is 38.1 Å². The molecule has 0 N–H and O–H groups in total. The minimum Gasteiger partial charge on any atom is -0.498 e. The summed E-state index contributed by atoms with van der Waals surface area (Å²) in [5, 5.41) is 0. The topological polar surface area (TPSA) is 18.5 Å². The molecule has 2 nitrogen and oxygen atoms in total. The Kier molecular flexibility index (Phi) is 3.87. The number of hydrogen-bond donors (Lipinski definition) is 0. The van der Waals surface area contributed by atoms with Crippen LogP contribution in [-0.2, 0) is 0 Å². The second-order valence-electron chi connectivity index (χ2n) is 4.14. The Balaban J connectivity index is 1.94. The molecule has 18 heavy (non-hydrogen) atoms. The van der Waals surface area contributed by atoms with Gasteiger partial charge in [-0.2, -0.15) is 0 Å². The molecule has 0 fully saturated rings. The van der Waals surface area contributed by atoms with E-state index in [-0.39, 0.29) is 0 Å². The van der Waals surface area contributed by atoms with Gasteiger partial charge in [-0.15, -0.1) is 0 Å². The zero-order valence-electron chi connectivity index (χ0n) is 10.4. The van der Waals surface area contributed by atoms with Crippen molar-refractivity contribution >= 4 is 7.40 Å². The highest BCUT2D eigenvalue weighted by Gasteiger charge is 2.24. The van der Waals surface area contributed by atoms with Gasteiger partial charge in [0, 0.05) is 0 Å². The van der Waals surface area contributed by atoms with Crippen molar-refractivity contribution in [3.05, 3.63) is 59.7 Å². The van der Waals surface area contributed by atoms with E-state index in [0.717, 1.165) is 11.1 Å². The van der Waals surface area contributed by atoms with Crippen LogP contribution in [0.2, 0.25) is 0 Å². The average molecular weight is 244 g/mol. The molecule has 0 bridgehead atoms. The maximum atomic E-state index is 13.5. The van der Waals surface area contributed by atoms with E-state index in [4.69, 9.17) is 9.31 Å². The predicted octanol–water partition coefficient (Wildman–Crippen LogP) is 3.72. The Morgan fingerprint density at radius 2 is 1.06 bits per heavy atom. The standard InChI is InChI=1S/C14H14BFO2/c1-11-3-7-13(8-4-11)17-15(16)18-14-9-5-12(2)6-10-14/h3-10H,1-2H3. The maximum Gasteiger partial charge on any atom is 0.830 e. The summed E-state index contributed by atoms with van der Waals surface area (Å²) in [4.78, 5) is 0. The number of rotatable bonds is 4. The molecule has 0 saturated heterocycles. The summed E-state index contributed by atoms with van der Waals surface area (Å²) in [6.45, 7) is 3.92. The zero-order valence-corrected chi connectivity index (χ0v) is 10.4. The normalized spacial score (nSPS) is 9.94. The summed E-state index contributed by atoms with van der Waals surface area (Å²) >= 11 is 0. The monoisotopic (exact) mass is 244 g/mol. The molecule has 2 aromatic rings. The predicted molar refractivity (Wildman–Crippen MR) is 70.5 cm³/mol. The molecule has 2 aromatic carbocycles. The van der Waals surface area contributed by atoms with Crippen LogP contribution in [-0.4, -0.2) is 7.40 Å². The molecule has 0 amide bonds. The summed E-state index contributed by atoms with van der Waals surface area (Å²) in [5.41, 5.74) is 2.19. The van der Waals surface area contributed by atoms with Crippen molar-refractivity contribution in [2.24, 2.45) is 0 Å². The first-order chi connectivity index (χ1) is 8.63. The lowest BCUT2D eigenvalue weighted by atomic mass is 10.2. The molecule has 0 spiro atoms. The van der Waals surface area contributed by atoms with Gasteiger partial charge in [-0.1, -0.05) is 35.4 Å². The number of benzene rings is 2. The molecule has 0 aromatic heterocycles. The molecule has 0 saturated carbocycles. The van der Waals surface area contributed by atoms with E-state index in [1.54, 1.807) is 24.3 Å². The van der Waals surface area contributed by atoms with Gasteiger partial charge >= 0.3 is 7.40 Å². The van der Waals surface area contributed by atoms with E-state index in [2.05, 4.69) is 0 Å². The average Bonchev–Trinajstić information content (AvgIpc) is 2.35. The summed E-state index contributed by atoms with van der Waals surface area (Å²) in [6, 6.07) is 14.3. The summed E-state index contributed by atoms with van der Waals surface area (Å²) in [5.74, 6) is 0.889. The van der Waals surface area contributed by atoms with Crippen molar-refractivity contribution in [2.75, 3.05) is 0 Å². The van der Waals surface area contributed by atoms with Crippen molar-refractivity contribution in [2.45, 2.75) is 13.8 Å². The quantitative estimate of drug-likeness (QED) is 0.763. The van der Waals surface area contributed by atoms with E-state index in [1.165, 1.54) is 0 Å². The Bertz CT molecular complexity index is 449. The van der Waals surface area contributed by atoms with Gasteiger partial charge in [-0.25, -0.2) is 4.32 Å². The minimum absolute atomic E-state index is 0.445. The first-order valence-corrected chi connectivity index (χ1v) is 5.74. The van der Waals surface area contributed by atoms with Gasteiger partial charge in [0.05, 0.1) is 0 Å². The lowest BCUT2D eigenvalue weighted by molar-refractivity contribution is 0.359. The van der Waals surface area contributed by atoms with Gasteiger partial charge in [-0.3, -0.25) is 0 Å². The summed E-state index contributed by atoms with van der Waals surface area (Å²) in [7, 11) is -1.81. The Hall–Kier alpha value is -1.97. The van der Waals surface area contributed by atoms with Gasteiger partial charge in [0.2, 0.25) is 0 Å². The largest absolute Gasteiger partial charge is 0.830 e. The fourth-order valence-electron chi connectivity index (χ4n) is 1.47. The molecular weight excluding hydrogens is 230 g/mol. The molecule has 0 heterocycles. The molecule has 0 radical (unpaired) electrons. The third kappa shape index (κ3) is 3.52. The fraction of sp³-hybridized carbons (Fsp3) is 0.143. The smallest absolute Gasteiger partial charge is 0.498 e. The molecule has 2 rings (SSSR count). The van der Waals surface area contributed by atoms with Crippen LogP contribution in [0.15, 0.2) is 48.5 Å². The van der Waals surface area contributed by atoms with Crippen LogP contribution in [0.5, 0.6) is 11.5 Å². The first-order valence-electron chi connectivity index (χ1n) is 5.74. The third-order valence-electron chi connectivity index (χ3n) is 2.50. The van der Waals surface area contributed by atoms with Crippen LogP contribution >= 0.6 is 0 Å². The van der Waals surface area contributed by atoms with Crippen LogP contribution in [0.1, 0.15) is 11.1 Å². The molecule has 0 atom stereocenters. The number of aryl methyl sites for hydroxylation is 2. The van der Waals surface area contributed by atoms with Gasteiger partial charge < -0.3 is 9.31 Å². The Morgan fingerprint density at radius 3 is 1.39 bits per heavy atom. The van der Waals surface area contributed by atoms with Crippen LogP contribution in [0, 0.1) is 13.8 Å². The molecule has 4 heteroatoms. The third-order valence-corrected chi connectivity index (χ3v) is 2.50. The van der Waals surface area contributed by atoms with Crippen molar-refractivity contribution in [3.8, 4) is 11.5 Å². The number of halogens is 1. The van der Waals surface area contributed by atoms with Gasteiger partial charge in [-0.05, 0) is 38.1 Å². The van der Waals surface area contributed by atoms with Crippen molar-refractivity contribution < 1.29 is 13.6 Å². The second-order valence-corrected chi connectivity index (χ2v) is 4.14. The highest BCUT2D eigenvalue weighted by atomic mass is 19.1. The molecular formula is C14H14BFO2. The van der Waals surface area contributed by atoms with Gasteiger partial charge in [0.15, 0.2) is 0 Å². The molecule has 0 aliphatic rings. The zero-order chi connectivity index (χ0) is 13.0. The minimum atomic E-state index is -1.81. The molecule has 92 valence electrons. The Morgan fingerprint density at radius 1 is 0.722 bits per heavy atom. The lowest BCUT2D eigenvalue weighted by Gasteiger charge is -2.09. The van der Waals surface area contributed by atoms with Crippen LogP contribution in [0.25, 0.3) is 0 Å². The van der Waals surface area contributed by atoms with E-state index < -0.39 is 7.40 Å². The second kappa shape index (κ2) is 5.58. The van der Waals surface area contributed by atoms with Crippen LogP contribution in [0.4, 0.5) is 4.32 Å². The van der Waals surface area contributed by atoms with Crippen LogP contribution in [0.3, 0.4) is 0 Å². The Labute approximate surface area is 107 Å². The first kappa shape index (κ1) is 12.5. The summed E-state index contributed by atoms with van der Waals surface area (Å²) < 4.78 is 23.6. The van der Waals surface area contributed by atoms with Crippen molar-refractivity contribution in [3.63, 3.8) is 0 Å². The van der Waals surface area contributed by atoms with Gasteiger partial charge in [0.25, 0.3) is 0 Å². The highest BCUT2D eigenvalue weighted by molar-refractivity contribution is 6.37. The summed E-state index contributed by atoms with van der Waals surface area (Å²) in [6.07, 6.45) is 0. The van der Waals surface area contributed by atoms with Crippen molar-refractivity contribution in [1.82, 2.24) is 0 Å². The number of hydrogen-bond acceptors (Lipinski definition) is 2. The van der Waals surface area contributed by atoms with Gasteiger partial charge in [0.1, 0.15) is 11.5 Å². The van der Waals surface area contributed by atoms with E-state index in [9.17, 15) is 4.32 Å². The van der Waals surface area contributed by atoms with E-state index >= 15 is 0 Å². The van der Waals surface area contributed by atoms with Crippen LogP contribution < -0.4 is 9.31 Å². The lowest BCUT2D eigenvalue weighted by Crippen LogP contribution is -2.24. The molecule has 0 aliphatic carbocycles. The SMILES string of the molecule is Cc1ccc(OB(F)Oc2ccc(C)cc2)cc1. The van der Waals surface area contributed by atoms with E-state index in [0.29, 0.717) is 11.5 Å².